The van der Waals surface area contributed by atoms with E-state index in [-0.39, 0.29) is 0 Å². The van der Waals surface area contributed by atoms with Gasteiger partial charge in [-0.25, -0.2) is 12.1 Å². The van der Waals surface area contributed by atoms with Gasteiger partial charge < -0.3 is 0 Å². The van der Waals surface area contributed by atoms with Crippen LogP contribution >= 0.6 is 17.0 Å². The smallest absolute Gasteiger partial charge is 0.0771 e. The van der Waals surface area contributed by atoms with Crippen LogP contribution in [-0.4, -0.2) is 5.43 Å². The molecule has 0 unspecified atom stereocenters. The Balaban J connectivity index is 0.000000138. The summed E-state index contributed by atoms with van der Waals surface area (Å²) in [7, 11) is 12.6. The van der Waals surface area contributed by atoms with E-state index in [0.29, 0.717) is 5.41 Å². The van der Waals surface area contributed by atoms with Crippen molar-refractivity contribution in [1.29, 1.82) is 0 Å². The molecule has 0 amide bonds. The van der Waals surface area contributed by atoms with Crippen molar-refractivity contribution < 1.29 is 18.0 Å². The summed E-state index contributed by atoms with van der Waals surface area (Å²) in [5.74, 6) is 0. The zero-order valence-corrected chi connectivity index (χ0v) is 27.0. The van der Waals surface area contributed by atoms with Crippen molar-refractivity contribution in [3.8, 4) is 0 Å². The summed E-state index contributed by atoms with van der Waals surface area (Å²) in [6.07, 6.45) is 0. The third-order valence-electron chi connectivity index (χ3n) is 6.37. The van der Waals surface area contributed by atoms with Gasteiger partial charge in [0.2, 0.25) is 0 Å². The Labute approximate surface area is 241 Å². The van der Waals surface area contributed by atoms with Gasteiger partial charge in [-0.15, -0.1) is 39.7 Å². The van der Waals surface area contributed by atoms with Crippen molar-refractivity contribution in [3.63, 3.8) is 0 Å². The van der Waals surface area contributed by atoms with E-state index in [0.717, 1.165) is 0 Å². The van der Waals surface area contributed by atoms with Crippen molar-refractivity contribution in [2.24, 2.45) is 0 Å². The van der Waals surface area contributed by atoms with Crippen molar-refractivity contribution >= 4 is 54.4 Å². The molecule has 192 valence electrons. The van der Waals surface area contributed by atoms with Crippen molar-refractivity contribution in [2.45, 2.75) is 26.2 Å². The fourth-order valence-corrected chi connectivity index (χ4v) is 19.6. The van der Waals surface area contributed by atoms with Crippen LogP contribution in [0.25, 0.3) is 21.5 Å². The monoisotopic (exact) mass is 628 g/mol. The van der Waals surface area contributed by atoms with Crippen LogP contribution in [0, 0.1) is 0 Å². The van der Waals surface area contributed by atoms with E-state index >= 15 is 0 Å². The number of hydrogen-bond donors (Lipinski definition) is 0. The second-order valence-electron chi connectivity index (χ2n) is 10.1. The average molecular weight is 631 g/mol. The van der Waals surface area contributed by atoms with Crippen LogP contribution in [0.5, 0.6) is 0 Å². The summed E-state index contributed by atoms with van der Waals surface area (Å²) in [6.45, 7) is 6.67. The number of fused-ring (bicyclic) bond motifs is 3. The molecule has 6 rings (SSSR count). The molecule has 0 N–H and O–H groups in total. The second kappa shape index (κ2) is 13.7. The molecule has 6 aromatic carbocycles. The van der Waals surface area contributed by atoms with Gasteiger partial charge in [-0.3, -0.25) is 0 Å². The predicted molar refractivity (Wildman–Crippen MR) is 167 cm³/mol. The fourth-order valence-electron chi connectivity index (χ4n) is 4.37. The van der Waals surface area contributed by atoms with Gasteiger partial charge in [0.15, 0.2) is 0 Å². The molecule has 0 atom stereocenters. The van der Waals surface area contributed by atoms with Crippen LogP contribution in [0.4, 0.5) is 0 Å². The summed E-state index contributed by atoms with van der Waals surface area (Å²) >= 11 is -2.26. The van der Waals surface area contributed by atoms with E-state index in [9.17, 15) is 0 Å². The van der Waals surface area contributed by atoms with Gasteiger partial charge >= 0.3 is 111 Å². The Hall–Kier alpha value is -2.22. The normalized spacial score (nSPS) is 10.8. The molecule has 38 heavy (non-hydrogen) atoms. The molecule has 0 saturated heterocycles. The number of rotatable bonds is 2. The molecule has 0 aliphatic heterocycles. The number of benzene rings is 4. The van der Waals surface area contributed by atoms with E-state index < -0.39 is 23.4 Å². The van der Waals surface area contributed by atoms with Crippen LogP contribution in [0.15, 0.2) is 140 Å². The van der Waals surface area contributed by atoms with Crippen LogP contribution in [0.2, 0.25) is 0 Å². The first kappa shape index (κ1) is 28.8. The molecule has 0 aliphatic rings. The maximum absolute atomic E-state index is 6.32. The van der Waals surface area contributed by atoms with Crippen molar-refractivity contribution in [2.75, 3.05) is 0 Å². The van der Waals surface area contributed by atoms with Crippen molar-refractivity contribution in [1.82, 2.24) is 0 Å². The van der Waals surface area contributed by atoms with Gasteiger partial charge in [0.1, 0.15) is 0 Å². The molecule has 0 spiro atoms. The van der Waals surface area contributed by atoms with Gasteiger partial charge in [-0.1, -0.05) is 62.6 Å². The van der Waals surface area contributed by atoms with E-state index in [4.69, 9.17) is 17.0 Å². The Morgan fingerprint density at radius 2 is 0.974 bits per heavy atom. The van der Waals surface area contributed by atoms with Crippen LogP contribution < -0.4 is 10.4 Å². The summed E-state index contributed by atoms with van der Waals surface area (Å²) in [5.41, 5.74) is 0.853. The summed E-state index contributed by atoms with van der Waals surface area (Å²) in [6, 6.07) is 48.6. The van der Waals surface area contributed by atoms with Gasteiger partial charge in [-0.05, 0) is 0 Å². The molecule has 0 bridgehead atoms. The van der Waals surface area contributed by atoms with E-state index in [1.807, 2.05) is 12.1 Å². The Kier molecular flexibility index (Phi) is 10.4. The molecule has 6 aromatic rings. The molecular formula is C34H32Cl2SiZr-2. The molecule has 0 fully saturated rings. The third-order valence-corrected chi connectivity index (χ3v) is 22.3. The Morgan fingerprint density at radius 3 is 1.34 bits per heavy atom. The molecule has 0 radical (unpaired) electrons. The predicted octanol–water partition coefficient (Wildman–Crippen LogP) is 9.13. The third kappa shape index (κ3) is 7.67. The SMILES string of the molecule is CC(C)(C)[c-]1cccc1.[Cl][Zr]([Cl])=[Si](c1ccccc1)c1ccccc1.c1ccc2c(c1)[cH-]c1ccccc12. The molecule has 0 heterocycles. The Morgan fingerprint density at radius 1 is 0.579 bits per heavy atom. The zero-order valence-electron chi connectivity index (χ0n) is 22.0. The average Bonchev–Trinajstić information content (AvgIpc) is 3.60. The molecule has 0 aliphatic carbocycles. The summed E-state index contributed by atoms with van der Waals surface area (Å²) in [5, 5.41) is 8.06. The van der Waals surface area contributed by atoms with Gasteiger partial charge in [0.05, 0.1) is 0 Å². The topological polar surface area (TPSA) is 0 Å². The fraction of sp³-hybridized carbons (Fsp3) is 0.118. The standard InChI is InChI=1S/C13H9.C12H10Si.C9H13.2ClH.Zr/c1-3-7-12-10(5-1)9-11-6-2-4-8-13(11)12;1-3-7-11(8-4-1)13-12-9-5-2-6-10-12;1-9(2,3)8-6-4-5-7-8;;;/h1-9H;1-10H;4-7H,1-3H3;2*1H;/q-1;;-1;;;+2/p-2. The van der Waals surface area contributed by atoms with Crippen molar-refractivity contribution in [3.05, 3.63) is 145 Å². The minimum atomic E-state index is -2.26. The molecule has 4 heteroatoms. The quantitative estimate of drug-likeness (QED) is 0.132. The first-order chi connectivity index (χ1) is 18.3. The van der Waals surface area contributed by atoms with E-state index in [1.54, 1.807) is 0 Å². The minimum Gasteiger partial charge on any atom is -0.126 e. The van der Waals surface area contributed by atoms with Gasteiger partial charge in [0, 0.05) is 0 Å². The molecule has 0 aromatic heterocycles. The zero-order chi connectivity index (χ0) is 27.0. The van der Waals surface area contributed by atoms with Gasteiger partial charge in [-0.2, -0.15) is 17.7 Å². The second-order valence-corrected chi connectivity index (χ2v) is 29.3. The minimum absolute atomic E-state index is 0.323. The van der Waals surface area contributed by atoms with Crippen LogP contribution in [-0.2, 0) is 23.4 Å². The number of hydrogen-bond acceptors (Lipinski definition) is 0. The first-order valence-electron chi connectivity index (χ1n) is 12.8. The van der Waals surface area contributed by atoms with E-state index in [1.165, 1.54) is 37.5 Å². The van der Waals surface area contributed by atoms with Gasteiger partial charge in [0.25, 0.3) is 0 Å². The maximum atomic E-state index is 6.32. The molecular weight excluding hydrogens is 599 g/mol. The number of halogens is 2. The van der Waals surface area contributed by atoms with E-state index in [2.05, 4.69) is 148 Å². The maximum Gasteiger partial charge on any atom is -0.0771 e. The van der Waals surface area contributed by atoms with Crippen LogP contribution in [0.1, 0.15) is 26.3 Å². The summed E-state index contributed by atoms with van der Waals surface area (Å²) in [4.78, 5) is 0. The first-order valence-corrected chi connectivity index (χ1v) is 24.3. The summed E-state index contributed by atoms with van der Waals surface area (Å²) < 4.78 is 0. The molecule has 0 saturated carbocycles. The largest absolute Gasteiger partial charge is 0.126 e. The van der Waals surface area contributed by atoms with Crippen LogP contribution in [0.3, 0.4) is 0 Å². The molecule has 0 nitrogen and oxygen atoms in total. The Bertz CT molecular complexity index is 1500.